The Morgan fingerprint density at radius 3 is 2.55 bits per heavy atom. The third kappa shape index (κ3) is 3.41. The molecule has 0 radical (unpaired) electrons. The fraction of sp³-hybridized carbons (Fsp3) is 0.688. The van der Waals surface area contributed by atoms with Crippen molar-refractivity contribution in [2.75, 3.05) is 26.2 Å². The van der Waals surface area contributed by atoms with Crippen molar-refractivity contribution < 1.29 is 4.79 Å². The first kappa shape index (κ1) is 14.1. The number of piperazine rings is 1. The molecule has 110 valence electrons. The van der Waals surface area contributed by atoms with Crippen molar-refractivity contribution in [3.63, 3.8) is 0 Å². The van der Waals surface area contributed by atoms with Crippen LogP contribution >= 0.6 is 11.3 Å². The second-order valence-corrected chi connectivity index (χ2v) is 6.85. The minimum absolute atomic E-state index is 0.326. The molecule has 2 aliphatic rings. The zero-order valence-corrected chi connectivity index (χ0v) is 12.9. The van der Waals surface area contributed by atoms with Crippen molar-refractivity contribution >= 4 is 17.2 Å². The summed E-state index contributed by atoms with van der Waals surface area (Å²) in [5.74, 6) is 0.757. The van der Waals surface area contributed by atoms with Gasteiger partial charge in [-0.15, -0.1) is 0 Å². The Kier molecular flexibility index (Phi) is 4.73. The monoisotopic (exact) mass is 292 g/mol. The molecule has 1 aromatic heterocycles. The van der Waals surface area contributed by atoms with Gasteiger partial charge in [0.15, 0.2) is 0 Å². The smallest absolute Gasteiger partial charge is 0.225 e. The van der Waals surface area contributed by atoms with Gasteiger partial charge in [0.05, 0.1) is 0 Å². The quantitative estimate of drug-likeness (QED) is 0.855. The van der Waals surface area contributed by atoms with E-state index in [1.165, 1.54) is 24.8 Å². The molecule has 0 atom stereocenters. The lowest BCUT2D eigenvalue weighted by Crippen LogP contribution is -2.50. The molecule has 1 saturated carbocycles. The molecule has 1 aliphatic carbocycles. The molecule has 0 N–H and O–H groups in total. The van der Waals surface area contributed by atoms with Crippen molar-refractivity contribution in [3.8, 4) is 0 Å². The van der Waals surface area contributed by atoms with Crippen LogP contribution in [-0.4, -0.2) is 41.9 Å². The molecule has 20 heavy (non-hydrogen) atoms. The van der Waals surface area contributed by atoms with E-state index in [4.69, 9.17) is 0 Å². The molecule has 1 saturated heterocycles. The van der Waals surface area contributed by atoms with E-state index in [0.717, 1.165) is 45.6 Å². The predicted octanol–water partition coefficient (Wildman–Crippen LogP) is 2.97. The molecule has 3 nitrogen and oxygen atoms in total. The highest BCUT2D eigenvalue weighted by Gasteiger charge is 2.28. The minimum Gasteiger partial charge on any atom is -0.340 e. The average molecular weight is 292 g/mol. The van der Waals surface area contributed by atoms with Crippen LogP contribution in [-0.2, 0) is 11.3 Å². The van der Waals surface area contributed by atoms with Gasteiger partial charge < -0.3 is 4.90 Å². The van der Waals surface area contributed by atoms with Crippen LogP contribution in [0.5, 0.6) is 0 Å². The summed E-state index contributed by atoms with van der Waals surface area (Å²) in [5, 5.41) is 4.36. The largest absolute Gasteiger partial charge is 0.340 e. The van der Waals surface area contributed by atoms with E-state index in [0.29, 0.717) is 11.8 Å². The first-order valence-corrected chi connectivity index (χ1v) is 8.79. The van der Waals surface area contributed by atoms with Gasteiger partial charge in [-0.1, -0.05) is 19.3 Å². The first-order valence-electron chi connectivity index (χ1n) is 7.85. The molecule has 1 aromatic rings. The number of rotatable bonds is 3. The summed E-state index contributed by atoms with van der Waals surface area (Å²) >= 11 is 1.76. The van der Waals surface area contributed by atoms with Crippen LogP contribution < -0.4 is 0 Å². The van der Waals surface area contributed by atoms with E-state index in [2.05, 4.69) is 26.6 Å². The summed E-state index contributed by atoms with van der Waals surface area (Å²) in [5.41, 5.74) is 1.40. The number of thiophene rings is 1. The zero-order valence-electron chi connectivity index (χ0n) is 12.1. The molecule has 4 heteroatoms. The maximum atomic E-state index is 12.5. The Bertz CT molecular complexity index is 418. The normalized spacial score (nSPS) is 22.1. The third-order valence-corrected chi connectivity index (χ3v) is 5.36. The maximum absolute atomic E-state index is 12.5. The van der Waals surface area contributed by atoms with Crippen molar-refractivity contribution in [1.82, 2.24) is 9.80 Å². The number of nitrogens with zero attached hydrogens (tertiary/aromatic N) is 2. The Balaban J connectivity index is 1.46. The lowest BCUT2D eigenvalue weighted by molar-refractivity contribution is -0.138. The standard InChI is InChI=1S/C16H24N2OS/c19-16(15-4-2-1-3-5-15)18-9-7-17(8-10-18)12-14-6-11-20-13-14/h6,11,13,15H,1-5,7-10,12H2. The number of carbonyl (C=O) groups excluding carboxylic acids is 1. The van der Waals surface area contributed by atoms with Crippen LogP contribution in [0.3, 0.4) is 0 Å². The number of hydrogen-bond donors (Lipinski definition) is 0. The van der Waals surface area contributed by atoms with Crippen molar-refractivity contribution in [3.05, 3.63) is 22.4 Å². The van der Waals surface area contributed by atoms with Crippen molar-refractivity contribution in [1.29, 1.82) is 0 Å². The molecule has 0 bridgehead atoms. The van der Waals surface area contributed by atoms with Gasteiger partial charge in [0.1, 0.15) is 0 Å². The van der Waals surface area contributed by atoms with E-state index < -0.39 is 0 Å². The summed E-state index contributed by atoms with van der Waals surface area (Å²) < 4.78 is 0. The van der Waals surface area contributed by atoms with Gasteiger partial charge in [0, 0.05) is 38.6 Å². The minimum atomic E-state index is 0.326. The van der Waals surface area contributed by atoms with Crippen LogP contribution in [0.25, 0.3) is 0 Å². The predicted molar refractivity (Wildman–Crippen MR) is 82.8 cm³/mol. The fourth-order valence-electron chi connectivity index (χ4n) is 3.37. The maximum Gasteiger partial charge on any atom is 0.225 e. The van der Waals surface area contributed by atoms with Crippen LogP contribution in [0.2, 0.25) is 0 Å². The number of amides is 1. The average Bonchev–Trinajstić information content (AvgIpc) is 3.01. The molecule has 3 rings (SSSR count). The highest BCUT2D eigenvalue weighted by molar-refractivity contribution is 7.07. The van der Waals surface area contributed by atoms with Crippen LogP contribution in [0.4, 0.5) is 0 Å². The molecule has 0 unspecified atom stereocenters. The SMILES string of the molecule is O=C(C1CCCCC1)N1CCN(Cc2ccsc2)CC1. The van der Waals surface area contributed by atoms with Crippen LogP contribution in [0.15, 0.2) is 16.8 Å². The molecule has 0 aromatic carbocycles. The second kappa shape index (κ2) is 6.72. The molecule has 1 aliphatic heterocycles. The lowest BCUT2D eigenvalue weighted by Gasteiger charge is -2.37. The molecule has 0 spiro atoms. The first-order chi connectivity index (χ1) is 9.83. The van der Waals surface area contributed by atoms with Crippen LogP contribution in [0.1, 0.15) is 37.7 Å². The van der Waals surface area contributed by atoms with E-state index in [1.807, 2.05) is 0 Å². The zero-order chi connectivity index (χ0) is 13.8. The van der Waals surface area contributed by atoms with E-state index in [1.54, 1.807) is 11.3 Å². The topological polar surface area (TPSA) is 23.6 Å². The van der Waals surface area contributed by atoms with Gasteiger partial charge in [0.25, 0.3) is 0 Å². The number of hydrogen-bond acceptors (Lipinski definition) is 3. The third-order valence-electron chi connectivity index (χ3n) is 4.62. The van der Waals surface area contributed by atoms with Gasteiger partial charge in [-0.2, -0.15) is 11.3 Å². The summed E-state index contributed by atoms with van der Waals surface area (Å²) in [6.07, 6.45) is 6.04. The molecule has 2 heterocycles. The van der Waals surface area contributed by atoms with Crippen LogP contribution in [0, 0.1) is 5.92 Å². The molecular formula is C16H24N2OS. The Hall–Kier alpha value is -0.870. The van der Waals surface area contributed by atoms with Gasteiger partial charge in [-0.3, -0.25) is 9.69 Å². The Morgan fingerprint density at radius 1 is 1.15 bits per heavy atom. The summed E-state index contributed by atoms with van der Waals surface area (Å²) in [7, 11) is 0. The Morgan fingerprint density at radius 2 is 1.90 bits per heavy atom. The highest BCUT2D eigenvalue weighted by atomic mass is 32.1. The van der Waals surface area contributed by atoms with Crippen molar-refractivity contribution in [2.45, 2.75) is 38.6 Å². The summed E-state index contributed by atoms with van der Waals surface area (Å²) in [6, 6.07) is 2.20. The van der Waals surface area contributed by atoms with Gasteiger partial charge in [0.2, 0.25) is 5.91 Å². The van der Waals surface area contributed by atoms with Crippen molar-refractivity contribution in [2.24, 2.45) is 5.92 Å². The molecule has 1 amide bonds. The van der Waals surface area contributed by atoms with E-state index >= 15 is 0 Å². The Labute approximate surface area is 125 Å². The second-order valence-electron chi connectivity index (χ2n) is 6.07. The van der Waals surface area contributed by atoms with Gasteiger partial charge in [-0.05, 0) is 35.2 Å². The lowest BCUT2D eigenvalue weighted by atomic mass is 9.88. The summed E-state index contributed by atoms with van der Waals surface area (Å²) in [6.45, 7) is 4.91. The van der Waals surface area contributed by atoms with Gasteiger partial charge in [-0.25, -0.2) is 0 Å². The van der Waals surface area contributed by atoms with E-state index in [-0.39, 0.29) is 0 Å². The van der Waals surface area contributed by atoms with E-state index in [9.17, 15) is 4.79 Å². The van der Waals surface area contributed by atoms with Gasteiger partial charge >= 0.3 is 0 Å². The highest BCUT2D eigenvalue weighted by Crippen LogP contribution is 2.26. The summed E-state index contributed by atoms with van der Waals surface area (Å²) in [4.78, 5) is 17.1. The molecule has 2 fully saturated rings. The molecular weight excluding hydrogens is 268 g/mol. The fourth-order valence-corrected chi connectivity index (χ4v) is 4.03. The number of carbonyl (C=O) groups is 1.